The molecule has 0 radical (unpaired) electrons. The molecule has 0 atom stereocenters. The molecule has 1 heterocycles. The van der Waals surface area contributed by atoms with Gasteiger partial charge in [-0.25, -0.2) is 0 Å². The zero-order valence-electron chi connectivity index (χ0n) is 13.3. The normalized spacial score (nSPS) is 22.5. The summed E-state index contributed by atoms with van der Waals surface area (Å²) in [5.41, 5.74) is 1.54. The van der Waals surface area contributed by atoms with Crippen molar-refractivity contribution >= 4 is 5.91 Å². The summed E-state index contributed by atoms with van der Waals surface area (Å²) in [5.74, 6) is -0.0933. The fourth-order valence-electron chi connectivity index (χ4n) is 3.08. The van der Waals surface area contributed by atoms with Crippen LogP contribution in [0.5, 0.6) is 0 Å². The van der Waals surface area contributed by atoms with E-state index in [2.05, 4.69) is 24.3 Å². The maximum atomic E-state index is 12.3. The lowest BCUT2D eigenvalue weighted by Gasteiger charge is -2.25. The van der Waals surface area contributed by atoms with Gasteiger partial charge < -0.3 is 10.4 Å². The number of nitrogens with one attached hydrogen (secondary N) is 1. The molecule has 118 valence electrons. The first kappa shape index (κ1) is 16.0. The zero-order chi connectivity index (χ0) is 15.4. The minimum atomic E-state index is -0.200. The third-order valence-electron chi connectivity index (χ3n) is 4.48. The SMILES string of the molecule is CCC(CC)n1nc(C(=O)NC2CCC(O)CC2)cc1C. The van der Waals surface area contributed by atoms with E-state index in [4.69, 9.17) is 0 Å². The molecule has 1 aliphatic carbocycles. The molecule has 0 aliphatic heterocycles. The molecule has 0 aromatic carbocycles. The molecule has 5 nitrogen and oxygen atoms in total. The van der Waals surface area contributed by atoms with E-state index in [0.717, 1.165) is 44.2 Å². The number of hydrogen-bond donors (Lipinski definition) is 2. The van der Waals surface area contributed by atoms with E-state index in [1.807, 2.05) is 17.7 Å². The summed E-state index contributed by atoms with van der Waals surface area (Å²) in [6.07, 6.45) is 5.06. The Labute approximate surface area is 126 Å². The fraction of sp³-hybridized carbons (Fsp3) is 0.750. The third-order valence-corrected chi connectivity index (χ3v) is 4.48. The van der Waals surface area contributed by atoms with Crippen LogP contribution < -0.4 is 5.32 Å². The lowest BCUT2D eigenvalue weighted by Crippen LogP contribution is -2.38. The van der Waals surface area contributed by atoms with Crippen molar-refractivity contribution in [3.8, 4) is 0 Å². The van der Waals surface area contributed by atoms with Crippen LogP contribution in [0.2, 0.25) is 0 Å². The molecular formula is C16H27N3O2. The smallest absolute Gasteiger partial charge is 0.272 e. The predicted octanol–water partition coefficient (Wildman–Crippen LogP) is 2.59. The Bertz CT molecular complexity index is 472. The summed E-state index contributed by atoms with van der Waals surface area (Å²) < 4.78 is 1.97. The van der Waals surface area contributed by atoms with Gasteiger partial charge in [0.05, 0.1) is 12.1 Å². The first-order valence-electron chi connectivity index (χ1n) is 8.10. The van der Waals surface area contributed by atoms with Gasteiger partial charge in [-0.15, -0.1) is 0 Å². The van der Waals surface area contributed by atoms with Crippen LogP contribution in [0.1, 0.15) is 74.6 Å². The molecule has 0 unspecified atom stereocenters. The lowest BCUT2D eigenvalue weighted by molar-refractivity contribution is 0.0862. The number of hydrogen-bond acceptors (Lipinski definition) is 3. The highest BCUT2D eigenvalue weighted by atomic mass is 16.3. The van der Waals surface area contributed by atoms with E-state index in [1.54, 1.807) is 0 Å². The van der Waals surface area contributed by atoms with Gasteiger partial charge in [-0.1, -0.05) is 13.8 Å². The quantitative estimate of drug-likeness (QED) is 0.877. The van der Waals surface area contributed by atoms with Gasteiger partial charge in [0.15, 0.2) is 0 Å². The van der Waals surface area contributed by atoms with Gasteiger partial charge in [0.2, 0.25) is 0 Å². The molecule has 1 aliphatic rings. The highest BCUT2D eigenvalue weighted by Gasteiger charge is 2.23. The number of aryl methyl sites for hydroxylation is 1. The van der Waals surface area contributed by atoms with Crippen molar-refractivity contribution in [3.63, 3.8) is 0 Å². The maximum Gasteiger partial charge on any atom is 0.272 e. The van der Waals surface area contributed by atoms with Gasteiger partial charge in [-0.2, -0.15) is 5.10 Å². The Hall–Kier alpha value is -1.36. The van der Waals surface area contributed by atoms with Gasteiger partial charge in [0.25, 0.3) is 5.91 Å². The molecule has 5 heteroatoms. The first-order chi connectivity index (χ1) is 10.0. The second-order valence-corrected chi connectivity index (χ2v) is 6.06. The van der Waals surface area contributed by atoms with Crippen LogP contribution >= 0.6 is 0 Å². The van der Waals surface area contributed by atoms with Crippen molar-refractivity contribution in [2.45, 2.75) is 77.5 Å². The molecule has 1 aromatic heterocycles. The third kappa shape index (κ3) is 3.84. The van der Waals surface area contributed by atoms with E-state index in [1.165, 1.54) is 0 Å². The van der Waals surface area contributed by atoms with Crippen molar-refractivity contribution in [3.05, 3.63) is 17.5 Å². The van der Waals surface area contributed by atoms with Crippen molar-refractivity contribution < 1.29 is 9.90 Å². The van der Waals surface area contributed by atoms with Crippen LogP contribution in [0.3, 0.4) is 0 Å². The number of aromatic nitrogens is 2. The number of nitrogens with zero attached hydrogens (tertiary/aromatic N) is 2. The second kappa shape index (κ2) is 7.07. The number of rotatable bonds is 5. The van der Waals surface area contributed by atoms with E-state index in [9.17, 15) is 9.90 Å². The van der Waals surface area contributed by atoms with Gasteiger partial charge in [-0.05, 0) is 51.5 Å². The Morgan fingerprint density at radius 2 is 2.00 bits per heavy atom. The molecule has 21 heavy (non-hydrogen) atoms. The fourth-order valence-corrected chi connectivity index (χ4v) is 3.08. The number of aliphatic hydroxyl groups excluding tert-OH is 1. The highest BCUT2D eigenvalue weighted by Crippen LogP contribution is 2.20. The largest absolute Gasteiger partial charge is 0.393 e. The van der Waals surface area contributed by atoms with Crippen molar-refractivity contribution in [2.75, 3.05) is 0 Å². The molecule has 2 N–H and O–H groups in total. The van der Waals surface area contributed by atoms with Gasteiger partial charge in [-0.3, -0.25) is 9.48 Å². The number of aliphatic hydroxyl groups is 1. The van der Waals surface area contributed by atoms with E-state index < -0.39 is 0 Å². The standard InChI is InChI=1S/C16H27N3O2/c1-4-13(5-2)19-11(3)10-15(18-19)16(21)17-12-6-8-14(20)9-7-12/h10,12-14,20H,4-9H2,1-3H3,(H,17,21). The molecule has 1 saturated carbocycles. The summed E-state index contributed by atoms with van der Waals surface area (Å²) in [6, 6.07) is 2.39. The Kier molecular flexibility index (Phi) is 5.39. The summed E-state index contributed by atoms with van der Waals surface area (Å²) >= 11 is 0. The Morgan fingerprint density at radius 1 is 1.38 bits per heavy atom. The molecule has 1 fully saturated rings. The monoisotopic (exact) mass is 293 g/mol. The van der Waals surface area contributed by atoms with Crippen LogP contribution in [0.25, 0.3) is 0 Å². The van der Waals surface area contributed by atoms with Crippen LogP contribution in [-0.2, 0) is 0 Å². The molecule has 1 aromatic rings. The lowest BCUT2D eigenvalue weighted by atomic mass is 9.93. The van der Waals surface area contributed by atoms with Crippen molar-refractivity contribution in [1.29, 1.82) is 0 Å². The van der Waals surface area contributed by atoms with Gasteiger partial charge in [0, 0.05) is 11.7 Å². The average molecular weight is 293 g/mol. The molecule has 0 saturated heterocycles. The highest BCUT2D eigenvalue weighted by molar-refractivity contribution is 5.92. The predicted molar refractivity (Wildman–Crippen MR) is 82.3 cm³/mol. The summed E-state index contributed by atoms with van der Waals surface area (Å²) in [6.45, 7) is 6.28. The Balaban J connectivity index is 2.01. The van der Waals surface area contributed by atoms with Crippen molar-refractivity contribution in [2.24, 2.45) is 0 Å². The minimum absolute atomic E-state index is 0.0933. The topological polar surface area (TPSA) is 67.2 Å². The second-order valence-electron chi connectivity index (χ2n) is 6.06. The van der Waals surface area contributed by atoms with E-state index >= 15 is 0 Å². The van der Waals surface area contributed by atoms with Crippen LogP contribution in [0.4, 0.5) is 0 Å². The summed E-state index contributed by atoms with van der Waals surface area (Å²) in [7, 11) is 0. The van der Waals surface area contributed by atoms with Gasteiger partial charge >= 0.3 is 0 Å². The van der Waals surface area contributed by atoms with Crippen LogP contribution in [0.15, 0.2) is 6.07 Å². The molecule has 2 rings (SSSR count). The number of carbonyl (C=O) groups excluding carboxylic acids is 1. The zero-order valence-corrected chi connectivity index (χ0v) is 13.3. The molecule has 0 bridgehead atoms. The molecule has 0 spiro atoms. The van der Waals surface area contributed by atoms with Crippen LogP contribution in [-0.4, -0.2) is 32.9 Å². The van der Waals surface area contributed by atoms with Crippen LogP contribution in [0, 0.1) is 6.92 Å². The van der Waals surface area contributed by atoms with E-state index in [0.29, 0.717) is 11.7 Å². The number of amides is 1. The minimum Gasteiger partial charge on any atom is -0.393 e. The number of carbonyl (C=O) groups is 1. The summed E-state index contributed by atoms with van der Waals surface area (Å²) in [5, 5.41) is 17.0. The van der Waals surface area contributed by atoms with Gasteiger partial charge in [0.1, 0.15) is 5.69 Å². The average Bonchev–Trinajstić information content (AvgIpc) is 2.85. The summed E-state index contributed by atoms with van der Waals surface area (Å²) in [4.78, 5) is 12.3. The molecule has 1 amide bonds. The van der Waals surface area contributed by atoms with Crippen molar-refractivity contribution in [1.82, 2.24) is 15.1 Å². The van der Waals surface area contributed by atoms with E-state index in [-0.39, 0.29) is 18.1 Å². The maximum absolute atomic E-state index is 12.3. The molecular weight excluding hydrogens is 266 g/mol. The Morgan fingerprint density at radius 3 is 2.57 bits per heavy atom. The first-order valence-corrected chi connectivity index (χ1v) is 8.10.